The minimum atomic E-state index is 0.815. The fraction of sp³-hybridized carbons (Fsp3) is 0.333. The first-order valence-electron chi connectivity index (χ1n) is 3.81. The maximum atomic E-state index is 5.51. The number of nitrogens with two attached hydrogens (primary N) is 1. The summed E-state index contributed by atoms with van der Waals surface area (Å²) in [7, 11) is 3.73. The number of anilines is 1. The van der Waals surface area contributed by atoms with Gasteiger partial charge in [0, 0.05) is 10.2 Å². The summed E-state index contributed by atoms with van der Waals surface area (Å²) in [6.07, 6.45) is 0. The normalized spacial score (nSPS) is 9.38. The second-order valence-electron chi connectivity index (χ2n) is 2.86. The number of benzene rings is 1. The summed E-state index contributed by atoms with van der Waals surface area (Å²) < 4.78 is 2.80. The number of nitrogen functional groups attached to an aromatic ring is 1. The molecule has 2 nitrogen and oxygen atoms in total. The van der Waals surface area contributed by atoms with Gasteiger partial charge in [-0.2, -0.15) is 0 Å². The van der Waals surface area contributed by atoms with E-state index in [1.54, 1.807) is 4.31 Å². The van der Waals surface area contributed by atoms with Crippen molar-refractivity contribution in [2.75, 3.05) is 19.8 Å². The molecule has 0 amide bonds. The van der Waals surface area contributed by atoms with E-state index in [4.69, 9.17) is 5.73 Å². The molecule has 0 aliphatic rings. The van der Waals surface area contributed by atoms with Crippen LogP contribution in [-0.4, -0.2) is 18.4 Å². The number of halogens is 1. The topological polar surface area (TPSA) is 29.3 Å². The molecule has 0 spiro atoms. The lowest BCUT2D eigenvalue weighted by Gasteiger charge is -1.96. The summed E-state index contributed by atoms with van der Waals surface area (Å²) in [5, 5.41) is 0. The molecule has 1 rings (SSSR count). The van der Waals surface area contributed by atoms with Crippen LogP contribution in [0.1, 0.15) is 5.56 Å². The van der Waals surface area contributed by atoms with Crippen LogP contribution in [0.15, 0.2) is 22.7 Å². The molecule has 0 aromatic heterocycles. The van der Waals surface area contributed by atoms with E-state index in [2.05, 4.69) is 28.7 Å². The second-order valence-corrected chi connectivity index (χ2v) is 4.51. The van der Waals surface area contributed by atoms with E-state index < -0.39 is 0 Å². The number of nitrogens with zero attached hydrogens (tertiary/aromatic N) is 1. The lowest BCUT2D eigenvalue weighted by Crippen LogP contribution is -1.89. The van der Waals surface area contributed by atoms with Crippen LogP contribution < -0.4 is 5.73 Å². The molecule has 1 aromatic rings. The van der Waals surface area contributed by atoms with Crippen LogP contribution in [-0.2, 0) is 0 Å². The SMILES string of the molecule is CN(C)S.Cc1cc(N)ccc1Br. The molecule has 0 saturated carbocycles. The maximum Gasteiger partial charge on any atom is 0.0317 e. The Morgan fingerprint density at radius 2 is 1.85 bits per heavy atom. The standard InChI is InChI=1S/C7H8BrN.C2H7NS/c1-5-4-6(9)2-3-7(5)8;1-3(2)4/h2-4H,9H2,1H3;4H,1-2H3. The van der Waals surface area contributed by atoms with Crippen LogP contribution in [0.25, 0.3) is 0 Å². The average Bonchev–Trinajstić information content (AvgIpc) is 1.96. The molecular weight excluding hydrogens is 248 g/mol. The number of hydrogen-bond donors (Lipinski definition) is 2. The Labute approximate surface area is 93.8 Å². The number of hydrogen-bond acceptors (Lipinski definition) is 3. The van der Waals surface area contributed by atoms with E-state index in [1.807, 2.05) is 39.2 Å². The molecule has 4 heteroatoms. The van der Waals surface area contributed by atoms with Gasteiger partial charge in [-0.15, -0.1) is 0 Å². The minimum Gasteiger partial charge on any atom is -0.399 e. The predicted octanol–water partition coefficient (Wildman–Crippen LogP) is 2.73. The van der Waals surface area contributed by atoms with Gasteiger partial charge in [0.05, 0.1) is 0 Å². The van der Waals surface area contributed by atoms with Gasteiger partial charge in [0.15, 0.2) is 0 Å². The summed E-state index contributed by atoms with van der Waals surface area (Å²) in [5.74, 6) is 0. The van der Waals surface area contributed by atoms with Gasteiger partial charge in [-0.25, -0.2) is 0 Å². The van der Waals surface area contributed by atoms with Crippen molar-refractivity contribution in [2.24, 2.45) is 0 Å². The molecule has 0 radical (unpaired) electrons. The van der Waals surface area contributed by atoms with Gasteiger partial charge in [0.1, 0.15) is 0 Å². The van der Waals surface area contributed by atoms with Gasteiger partial charge < -0.3 is 5.73 Å². The first-order valence-corrected chi connectivity index (χ1v) is 5.00. The number of thiol groups is 1. The van der Waals surface area contributed by atoms with Crippen molar-refractivity contribution in [3.8, 4) is 0 Å². The molecule has 1 aromatic carbocycles. The van der Waals surface area contributed by atoms with E-state index in [0.717, 1.165) is 10.2 Å². The highest BCUT2D eigenvalue weighted by atomic mass is 79.9. The zero-order chi connectivity index (χ0) is 10.4. The summed E-state index contributed by atoms with van der Waals surface area (Å²) in [6, 6.07) is 5.76. The highest BCUT2D eigenvalue weighted by Crippen LogP contribution is 2.17. The lowest BCUT2D eigenvalue weighted by atomic mass is 10.2. The predicted molar refractivity (Wildman–Crippen MR) is 66.0 cm³/mol. The van der Waals surface area contributed by atoms with Crippen LogP contribution >= 0.6 is 28.7 Å². The summed E-state index contributed by atoms with van der Waals surface area (Å²) in [5.41, 5.74) is 7.50. The minimum absolute atomic E-state index is 0.815. The monoisotopic (exact) mass is 262 g/mol. The fourth-order valence-electron chi connectivity index (χ4n) is 0.668. The Hall–Kier alpha value is -0.190. The quantitative estimate of drug-likeness (QED) is 0.556. The van der Waals surface area contributed by atoms with E-state index in [-0.39, 0.29) is 0 Å². The van der Waals surface area contributed by atoms with Crippen molar-refractivity contribution >= 4 is 34.4 Å². The van der Waals surface area contributed by atoms with Crippen molar-refractivity contribution < 1.29 is 0 Å². The molecule has 0 aliphatic carbocycles. The number of aryl methyl sites for hydroxylation is 1. The Kier molecular flexibility index (Phi) is 6.20. The van der Waals surface area contributed by atoms with Crippen LogP contribution in [0.2, 0.25) is 0 Å². The van der Waals surface area contributed by atoms with Gasteiger partial charge in [-0.1, -0.05) is 28.7 Å². The van der Waals surface area contributed by atoms with Gasteiger partial charge in [-0.3, -0.25) is 4.31 Å². The zero-order valence-corrected chi connectivity index (χ0v) is 10.6. The summed E-state index contributed by atoms with van der Waals surface area (Å²) >= 11 is 7.17. The Balaban J connectivity index is 0.000000310. The van der Waals surface area contributed by atoms with Crippen LogP contribution in [0.5, 0.6) is 0 Å². The molecule has 0 fully saturated rings. The third kappa shape index (κ3) is 6.93. The largest absolute Gasteiger partial charge is 0.399 e. The Morgan fingerprint density at radius 3 is 2.15 bits per heavy atom. The highest BCUT2D eigenvalue weighted by Gasteiger charge is 1.91. The Morgan fingerprint density at radius 1 is 1.38 bits per heavy atom. The Bertz CT molecular complexity index is 261. The molecule has 0 heterocycles. The fourth-order valence-corrected chi connectivity index (χ4v) is 0.915. The van der Waals surface area contributed by atoms with Gasteiger partial charge in [0.25, 0.3) is 0 Å². The molecule has 0 unspecified atom stereocenters. The van der Waals surface area contributed by atoms with Crippen molar-refractivity contribution in [2.45, 2.75) is 6.92 Å². The van der Waals surface area contributed by atoms with Crippen molar-refractivity contribution in [3.05, 3.63) is 28.2 Å². The molecule has 0 aliphatic heterocycles. The lowest BCUT2D eigenvalue weighted by molar-refractivity contribution is 0.714. The van der Waals surface area contributed by atoms with Crippen LogP contribution in [0.3, 0.4) is 0 Å². The molecule has 0 saturated heterocycles. The second kappa shape index (κ2) is 6.29. The van der Waals surface area contributed by atoms with Crippen molar-refractivity contribution in [1.82, 2.24) is 4.31 Å². The average molecular weight is 263 g/mol. The summed E-state index contributed by atoms with van der Waals surface area (Å²) in [4.78, 5) is 0. The first-order chi connectivity index (χ1) is 5.93. The molecular formula is C9H15BrN2S. The van der Waals surface area contributed by atoms with Crippen LogP contribution in [0, 0.1) is 6.92 Å². The smallest absolute Gasteiger partial charge is 0.0317 e. The summed E-state index contributed by atoms with van der Waals surface area (Å²) in [6.45, 7) is 2.01. The van der Waals surface area contributed by atoms with Crippen LogP contribution in [0.4, 0.5) is 5.69 Å². The molecule has 0 bridgehead atoms. The van der Waals surface area contributed by atoms with E-state index in [0.29, 0.717) is 0 Å². The molecule has 13 heavy (non-hydrogen) atoms. The highest BCUT2D eigenvalue weighted by molar-refractivity contribution is 9.10. The van der Waals surface area contributed by atoms with Crippen molar-refractivity contribution in [1.29, 1.82) is 0 Å². The van der Waals surface area contributed by atoms with E-state index in [9.17, 15) is 0 Å². The third-order valence-corrected chi connectivity index (χ3v) is 2.07. The zero-order valence-electron chi connectivity index (χ0n) is 8.08. The molecule has 0 atom stereocenters. The molecule has 2 N–H and O–H groups in total. The third-order valence-electron chi connectivity index (χ3n) is 1.18. The maximum absolute atomic E-state index is 5.51. The van der Waals surface area contributed by atoms with Gasteiger partial charge in [0.2, 0.25) is 0 Å². The molecule has 74 valence electrons. The van der Waals surface area contributed by atoms with E-state index in [1.165, 1.54) is 5.56 Å². The number of rotatable bonds is 0. The van der Waals surface area contributed by atoms with E-state index >= 15 is 0 Å². The van der Waals surface area contributed by atoms with Gasteiger partial charge >= 0.3 is 0 Å². The van der Waals surface area contributed by atoms with Gasteiger partial charge in [-0.05, 0) is 44.8 Å². The van der Waals surface area contributed by atoms with Crippen molar-refractivity contribution in [3.63, 3.8) is 0 Å². The first kappa shape index (κ1) is 12.8.